The van der Waals surface area contributed by atoms with Crippen molar-refractivity contribution in [3.05, 3.63) is 20.6 Å². The van der Waals surface area contributed by atoms with E-state index < -0.39 is 35.6 Å². The maximum Gasteiger partial charge on any atom is 0.309 e. The molecule has 7 nitrogen and oxygen atoms in total. The normalized spacial score (nSPS) is 35.3. The Balaban J connectivity index is 1.84. The lowest BCUT2D eigenvalue weighted by molar-refractivity contribution is -0.154. The molecule has 2 N–H and O–H groups in total. The summed E-state index contributed by atoms with van der Waals surface area (Å²) < 4.78 is 12.3. The van der Waals surface area contributed by atoms with E-state index in [2.05, 4.69) is 4.98 Å². The quantitative estimate of drug-likeness (QED) is 0.422. The van der Waals surface area contributed by atoms with Gasteiger partial charge in [-0.25, -0.2) is 4.98 Å². The SMILES string of the molecule is C/C(=C\c1nc(C)sc1Cl)[C@@H]1C[C@@H]2O[C@@H]2CCC[C@H](C)[C@H](O)[C@@H](C)C(=O)C(C)(C)[C@@H](O)CC(=O)O1. The number of carbonyl (C=O) groups is 2. The molecular formula is C26H38ClNO6S. The predicted octanol–water partition coefficient (Wildman–Crippen LogP) is 4.74. The van der Waals surface area contributed by atoms with E-state index >= 15 is 0 Å². The number of Topliss-reactive ketones (excluding diaryl/α,β-unsaturated/α-hetero) is 1. The van der Waals surface area contributed by atoms with E-state index in [0.29, 0.717) is 16.5 Å². The van der Waals surface area contributed by atoms with Crippen LogP contribution in [0.15, 0.2) is 5.57 Å². The number of ketones is 1. The molecule has 0 spiro atoms. The molecule has 9 heteroatoms. The van der Waals surface area contributed by atoms with Gasteiger partial charge in [-0.2, -0.15) is 0 Å². The summed E-state index contributed by atoms with van der Waals surface area (Å²) >= 11 is 7.68. The molecule has 35 heavy (non-hydrogen) atoms. The van der Waals surface area contributed by atoms with Crippen LogP contribution in [0.2, 0.25) is 4.34 Å². The van der Waals surface area contributed by atoms with E-state index in [4.69, 9.17) is 21.1 Å². The van der Waals surface area contributed by atoms with E-state index in [9.17, 15) is 19.8 Å². The molecule has 2 fully saturated rings. The highest BCUT2D eigenvalue weighted by atomic mass is 35.5. The Bertz CT molecular complexity index is 960. The first kappa shape index (κ1) is 28.3. The average Bonchev–Trinajstić information content (AvgIpc) is 3.44. The Kier molecular flexibility index (Phi) is 9.19. The maximum atomic E-state index is 13.2. The molecule has 2 aliphatic rings. The summed E-state index contributed by atoms with van der Waals surface area (Å²) in [6.07, 6.45) is 1.90. The second-order valence-corrected chi connectivity index (χ2v) is 12.5. The van der Waals surface area contributed by atoms with Gasteiger partial charge in [0.25, 0.3) is 0 Å². The van der Waals surface area contributed by atoms with Crippen molar-refractivity contribution < 1.29 is 29.3 Å². The molecule has 0 radical (unpaired) electrons. The van der Waals surface area contributed by atoms with Crippen LogP contribution < -0.4 is 0 Å². The number of cyclic esters (lactones) is 1. The lowest BCUT2D eigenvalue weighted by atomic mass is 9.73. The first-order chi connectivity index (χ1) is 16.3. The molecule has 0 bridgehead atoms. The van der Waals surface area contributed by atoms with Crippen LogP contribution in [0.25, 0.3) is 6.08 Å². The van der Waals surface area contributed by atoms with E-state index in [-0.39, 0.29) is 30.3 Å². The minimum atomic E-state index is -1.24. The number of aryl methyl sites for hydroxylation is 1. The molecule has 2 aliphatic heterocycles. The summed E-state index contributed by atoms with van der Waals surface area (Å²) in [5.41, 5.74) is 0.208. The van der Waals surface area contributed by atoms with Crippen molar-refractivity contribution in [1.82, 2.24) is 4.98 Å². The molecule has 2 saturated heterocycles. The van der Waals surface area contributed by atoms with Crippen LogP contribution >= 0.6 is 22.9 Å². The topological polar surface area (TPSA) is 109 Å². The summed E-state index contributed by atoms with van der Waals surface area (Å²) in [5, 5.41) is 22.5. The van der Waals surface area contributed by atoms with Gasteiger partial charge in [-0.3, -0.25) is 9.59 Å². The van der Waals surface area contributed by atoms with Gasteiger partial charge in [0.15, 0.2) is 0 Å². The summed E-state index contributed by atoms with van der Waals surface area (Å²) in [5.74, 6) is -1.59. The number of thiazole rings is 1. The number of aliphatic hydroxyl groups excluding tert-OH is 2. The number of nitrogens with zero attached hydrogens (tertiary/aromatic N) is 1. The van der Waals surface area contributed by atoms with Crippen LogP contribution in [-0.2, 0) is 19.1 Å². The third-order valence-corrected chi connectivity index (χ3v) is 8.68. The van der Waals surface area contributed by atoms with E-state index in [1.54, 1.807) is 20.8 Å². The molecule has 7 atom stereocenters. The fourth-order valence-electron chi connectivity index (χ4n) is 4.82. The molecule has 0 unspecified atom stereocenters. The Hall–Kier alpha value is -1.32. The van der Waals surface area contributed by atoms with Crippen molar-refractivity contribution in [2.24, 2.45) is 17.3 Å². The molecule has 3 heterocycles. The van der Waals surface area contributed by atoms with Crippen LogP contribution in [0.4, 0.5) is 0 Å². The van der Waals surface area contributed by atoms with E-state index in [0.717, 1.165) is 29.8 Å². The van der Waals surface area contributed by atoms with Gasteiger partial charge >= 0.3 is 5.97 Å². The molecular weight excluding hydrogens is 490 g/mol. The van der Waals surface area contributed by atoms with Gasteiger partial charge in [0.05, 0.1) is 47.0 Å². The molecule has 1 aromatic rings. The molecule has 0 aromatic carbocycles. The Morgan fingerprint density at radius 1 is 1.20 bits per heavy atom. The third-order valence-electron chi connectivity index (χ3n) is 7.48. The van der Waals surface area contributed by atoms with Crippen molar-refractivity contribution in [2.75, 3.05) is 0 Å². The van der Waals surface area contributed by atoms with Crippen molar-refractivity contribution in [3.8, 4) is 0 Å². The zero-order valence-electron chi connectivity index (χ0n) is 21.4. The number of epoxide rings is 1. The zero-order valence-corrected chi connectivity index (χ0v) is 23.0. The fourth-order valence-corrected chi connectivity index (χ4v) is 5.87. The average molecular weight is 528 g/mol. The number of hydrogen-bond acceptors (Lipinski definition) is 8. The zero-order chi connectivity index (χ0) is 26.1. The molecule has 0 amide bonds. The second-order valence-electron chi connectivity index (χ2n) is 10.7. The van der Waals surface area contributed by atoms with Crippen LogP contribution in [-0.4, -0.2) is 57.5 Å². The van der Waals surface area contributed by atoms with Crippen LogP contribution in [0.3, 0.4) is 0 Å². The first-order valence-corrected chi connectivity index (χ1v) is 13.6. The summed E-state index contributed by atoms with van der Waals surface area (Å²) in [4.78, 5) is 30.5. The number of ether oxygens (including phenoxy) is 2. The monoisotopic (exact) mass is 527 g/mol. The van der Waals surface area contributed by atoms with Gasteiger partial charge in [0.2, 0.25) is 0 Å². The first-order valence-electron chi connectivity index (χ1n) is 12.4. The number of carbonyl (C=O) groups excluding carboxylic acids is 2. The summed E-state index contributed by atoms with van der Waals surface area (Å²) in [7, 11) is 0. The minimum absolute atomic E-state index is 0.0289. The summed E-state index contributed by atoms with van der Waals surface area (Å²) in [6.45, 7) is 10.6. The van der Waals surface area contributed by atoms with Crippen molar-refractivity contribution in [1.29, 1.82) is 0 Å². The van der Waals surface area contributed by atoms with E-state index in [1.807, 2.05) is 26.8 Å². The van der Waals surface area contributed by atoms with Gasteiger partial charge in [-0.15, -0.1) is 11.3 Å². The number of halogens is 1. The number of aromatic nitrogens is 1. The highest BCUT2D eigenvalue weighted by molar-refractivity contribution is 7.16. The van der Waals surface area contributed by atoms with Crippen LogP contribution in [0.5, 0.6) is 0 Å². The largest absolute Gasteiger partial charge is 0.458 e. The minimum Gasteiger partial charge on any atom is -0.458 e. The Morgan fingerprint density at radius 2 is 1.89 bits per heavy atom. The highest BCUT2D eigenvalue weighted by Crippen LogP contribution is 2.37. The molecule has 0 aliphatic carbocycles. The number of hydrogen-bond donors (Lipinski definition) is 2. The second kappa shape index (κ2) is 11.4. The molecule has 196 valence electrons. The number of rotatable bonds is 2. The standard InChI is InChI=1S/C26H38ClNO6S/c1-13-8-7-9-18-20(33-18)11-19(14(2)10-17-25(27)35-16(4)28-17)34-22(30)12-21(29)26(5,6)24(32)15(3)23(13)31/h10,13,15,18-21,23,29,31H,7-9,11-12H2,1-6H3/b14-10+/t13-,15+,18+,19-,20-,21-,23-/m0/s1. The van der Waals surface area contributed by atoms with Crippen molar-refractivity contribution in [3.63, 3.8) is 0 Å². The Morgan fingerprint density at radius 3 is 2.51 bits per heavy atom. The number of aliphatic hydroxyl groups is 2. The van der Waals surface area contributed by atoms with Crippen LogP contribution in [0, 0.1) is 24.2 Å². The maximum absolute atomic E-state index is 13.2. The number of esters is 1. The van der Waals surface area contributed by atoms with E-state index in [1.165, 1.54) is 11.3 Å². The lowest BCUT2D eigenvalue weighted by Crippen LogP contribution is -2.45. The van der Waals surface area contributed by atoms with Gasteiger partial charge in [-0.05, 0) is 44.3 Å². The third kappa shape index (κ3) is 6.92. The molecule has 1 aromatic heterocycles. The highest BCUT2D eigenvalue weighted by Gasteiger charge is 2.44. The summed E-state index contributed by atoms with van der Waals surface area (Å²) in [6, 6.07) is 0. The molecule has 3 rings (SSSR count). The molecule has 0 saturated carbocycles. The van der Waals surface area contributed by atoms with Crippen molar-refractivity contribution in [2.45, 2.75) is 104 Å². The lowest BCUT2D eigenvalue weighted by Gasteiger charge is -2.34. The number of fused-ring (bicyclic) bond motifs is 1. The fraction of sp³-hybridized carbons (Fsp3) is 0.731. The van der Waals surface area contributed by atoms with Gasteiger partial charge in [0, 0.05) is 12.3 Å². The van der Waals surface area contributed by atoms with Crippen molar-refractivity contribution >= 4 is 40.8 Å². The Labute approximate surface area is 216 Å². The van der Waals surface area contributed by atoms with Gasteiger partial charge in [-0.1, -0.05) is 45.7 Å². The smallest absolute Gasteiger partial charge is 0.309 e. The van der Waals surface area contributed by atoms with Crippen LogP contribution in [0.1, 0.15) is 77.4 Å². The van der Waals surface area contributed by atoms with Gasteiger partial charge < -0.3 is 19.7 Å². The predicted molar refractivity (Wildman–Crippen MR) is 136 cm³/mol. The van der Waals surface area contributed by atoms with Gasteiger partial charge in [0.1, 0.15) is 16.2 Å².